The van der Waals surface area contributed by atoms with Gasteiger partial charge in [0.1, 0.15) is 5.82 Å². The number of nitrogens with one attached hydrogen (secondary N) is 1. The Kier molecular flexibility index (Phi) is 9.62. The summed E-state index contributed by atoms with van der Waals surface area (Å²) in [5.41, 5.74) is 0.665. The fourth-order valence-corrected chi connectivity index (χ4v) is 2.94. The molecular weight excluding hydrogens is 444 g/mol. The van der Waals surface area contributed by atoms with Gasteiger partial charge in [0.05, 0.1) is 28.4 Å². The Labute approximate surface area is 190 Å². The first-order valence-electron chi connectivity index (χ1n) is 10.0. The predicted molar refractivity (Wildman–Crippen MR) is 118 cm³/mol. The molecule has 0 aliphatic rings. The minimum atomic E-state index is -4.67. The van der Waals surface area contributed by atoms with Crippen LogP contribution in [0, 0.1) is 12.7 Å². The average molecular weight is 469 g/mol. The minimum absolute atomic E-state index is 0.0606. The lowest BCUT2D eigenvalue weighted by molar-refractivity contribution is -0.137. The Morgan fingerprint density at radius 2 is 1.75 bits per heavy atom. The quantitative estimate of drug-likeness (QED) is 0.415. The van der Waals surface area contributed by atoms with Crippen LogP contribution in [0.4, 0.5) is 17.6 Å². The number of benzene rings is 2. The molecule has 8 heteroatoms. The number of aryl methyl sites for hydroxylation is 1. The van der Waals surface area contributed by atoms with Crippen LogP contribution in [-0.4, -0.2) is 22.7 Å². The van der Waals surface area contributed by atoms with Crippen molar-refractivity contribution in [1.82, 2.24) is 10.3 Å². The number of aliphatic hydroxyl groups excluding tert-OH is 1. The highest BCUT2D eigenvalue weighted by molar-refractivity contribution is 6.30. The Hall–Kier alpha value is -2.48. The highest BCUT2D eigenvalue weighted by Crippen LogP contribution is 2.33. The first-order chi connectivity index (χ1) is 15.1. The summed E-state index contributed by atoms with van der Waals surface area (Å²) in [6.07, 6.45) is -3.54. The smallest absolute Gasteiger partial charge is 0.392 e. The molecule has 1 unspecified atom stereocenters. The number of hydrogen-bond acceptors (Lipinski definition) is 3. The van der Waals surface area contributed by atoms with Gasteiger partial charge in [-0.2, -0.15) is 13.2 Å². The Morgan fingerprint density at radius 3 is 2.25 bits per heavy atom. The number of pyridine rings is 1. The van der Waals surface area contributed by atoms with E-state index in [1.165, 1.54) is 17.8 Å². The van der Waals surface area contributed by atoms with Crippen molar-refractivity contribution >= 4 is 11.6 Å². The summed E-state index contributed by atoms with van der Waals surface area (Å²) in [6, 6.07) is 14.8. The van der Waals surface area contributed by atoms with Crippen LogP contribution in [0.2, 0.25) is 5.02 Å². The van der Waals surface area contributed by atoms with Crippen molar-refractivity contribution in [2.24, 2.45) is 0 Å². The van der Waals surface area contributed by atoms with Crippen molar-refractivity contribution in [3.8, 4) is 0 Å². The molecule has 0 amide bonds. The number of rotatable bonds is 6. The molecule has 1 heterocycles. The molecule has 0 saturated heterocycles. The van der Waals surface area contributed by atoms with Crippen molar-refractivity contribution in [2.75, 3.05) is 6.54 Å². The monoisotopic (exact) mass is 468 g/mol. The van der Waals surface area contributed by atoms with Crippen molar-refractivity contribution in [2.45, 2.75) is 38.6 Å². The summed E-state index contributed by atoms with van der Waals surface area (Å²) in [6.45, 7) is 3.97. The topological polar surface area (TPSA) is 45.1 Å². The van der Waals surface area contributed by atoms with Gasteiger partial charge in [0.25, 0.3) is 0 Å². The second-order valence-electron chi connectivity index (χ2n) is 7.23. The van der Waals surface area contributed by atoms with E-state index in [2.05, 4.69) is 29.4 Å². The van der Waals surface area contributed by atoms with Crippen LogP contribution in [-0.2, 0) is 6.18 Å². The molecule has 32 heavy (non-hydrogen) atoms. The van der Waals surface area contributed by atoms with Crippen molar-refractivity contribution in [3.05, 3.63) is 100 Å². The summed E-state index contributed by atoms with van der Waals surface area (Å²) in [7, 11) is 0. The third-order valence-electron chi connectivity index (χ3n) is 4.60. The van der Waals surface area contributed by atoms with Gasteiger partial charge in [-0.05, 0) is 49.2 Å². The maximum atomic E-state index is 13.7. The fraction of sp³-hybridized carbons (Fsp3) is 0.292. The van der Waals surface area contributed by atoms with E-state index >= 15 is 0 Å². The van der Waals surface area contributed by atoms with Crippen LogP contribution in [0.25, 0.3) is 0 Å². The van der Waals surface area contributed by atoms with Gasteiger partial charge in [0.2, 0.25) is 0 Å². The Bertz CT molecular complexity index is 966. The van der Waals surface area contributed by atoms with Gasteiger partial charge >= 0.3 is 6.18 Å². The molecule has 2 N–H and O–H groups in total. The van der Waals surface area contributed by atoms with E-state index in [0.29, 0.717) is 23.2 Å². The molecule has 0 radical (unpaired) electrons. The zero-order valence-electron chi connectivity index (χ0n) is 17.7. The van der Waals surface area contributed by atoms with Gasteiger partial charge in [-0.1, -0.05) is 54.4 Å². The molecule has 3 nitrogen and oxygen atoms in total. The van der Waals surface area contributed by atoms with Gasteiger partial charge in [-0.25, -0.2) is 4.39 Å². The molecule has 1 aromatic heterocycles. The predicted octanol–water partition coefficient (Wildman–Crippen LogP) is 6.34. The van der Waals surface area contributed by atoms with Gasteiger partial charge < -0.3 is 10.4 Å². The molecule has 0 aliphatic carbocycles. The first-order valence-corrected chi connectivity index (χ1v) is 10.4. The van der Waals surface area contributed by atoms with E-state index in [-0.39, 0.29) is 12.1 Å². The largest absolute Gasteiger partial charge is 0.416 e. The second-order valence-corrected chi connectivity index (χ2v) is 7.67. The van der Waals surface area contributed by atoms with Crippen LogP contribution < -0.4 is 5.32 Å². The van der Waals surface area contributed by atoms with E-state index in [9.17, 15) is 22.7 Å². The van der Waals surface area contributed by atoms with Crippen LogP contribution in [0.15, 0.2) is 66.9 Å². The number of hydrogen-bond donors (Lipinski definition) is 2. The lowest BCUT2D eigenvalue weighted by Gasteiger charge is -2.22. The molecule has 0 bridgehead atoms. The lowest BCUT2D eigenvalue weighted by atomic mass is 9.99. The standard InChI is InChI=1S/C17H17ClF4N2O.C7H8/c1-2-14(25)9-24-16(15-4-3-12(18)8-23-15)10-5-11(17(20,21)22)7-13(19)6-10;1-7-5-3-2-4-6-7/h3-8,14,16,24-25H,2,9H2,1H3;2-6H,1H3/t14?,16-;/m0./s1. The molecule has 2 atom stereocenters. The molecule has 3 aromatic rings. The number of alkyl halides is 3. The highest BCUT2D eigenvalue weighted by Gasteiger charge is 2.32. The third-order valence-corrected chi connectivity index (χ3v) is 4.82. The van der Waals surface area contributed by atoms with Gasteiger partial charge in [0, 0.05) is 12.7 Å². The molecule has 0 fully saturated rings. The van der Waals surface area contributed by atoms with Crippen molar-refractivity contribution < 1.29 is 22.7 Å². The maximum Gasteiger partial charge on any atom is 0.416 e. The summed E-state index contributed by atoms with van der Waals surface area (Å²) in [5.74, 6) is -0.998. The SMILES string of the molecule is CCC(O)CN[C@@H](c1cc(F)cc(C(F)(F)F)c1)c1ccc(Cl)cn1.Cc1ccccc1. The zero-order chi connectivity index (χ0) is 23.7. The zero-order valence-corrected chi connectivity index (χ0v) is 18.5. The van der Waals surface area contributed by atoms with E-state index in [1.54, 1.807) is 13.0 Å². The number of nitrogens with zero attached hydrogens (tertiary/aromatic N) is 1. The van der Waals surface area contributed by atoms with Gasteiger partial charge in [0.15, 0.2) is 0 Å². The van der Waals surface area contributed by atoms with Crippen LogP contribution in [0.1, 0.15) is 41.8 Å². The van der Waals surface area contributed by atoms with Gasteiger partial charge in [-0.3, -0.25) is 4.98 Å². The average Bonchev–Trinajstić information content (AvgIpc) is 2.75. The van der Waals surface area contributed by atoms with Crippen molar-refractivity contribution in [1.29, 1.82) is 0 Å². The molecule has 2 aromatic carbocycles. The second kappa shape index (κ2) is 11.9. The maximum absolute atomic E-state index is 13.7. The van der Waals surface area contributed by atoms with E-state index < -0.39 is 29.7 Å². The van der Waals surface area contributed by atoms with E-state index in [4.69, 9.17) is 11.6 Å². The van der Waals surface area contributed by atoms with Crippen molar-refractivity contribution in [3.63, 3.8) is 0 Å². The number of halogens is 5. The molecule has 172 valence electrons. The molecule has 0 spiro atoms. The molecule has 3 rings (SSSR count). The molecule has 0 aliphatic heterocycles. The summed E-state index contributed by atoms with van der Waals surface area (Å²) in [5, 5.41) is 13.0. The molecule has 0 saturated carbocycles. The number of aliphatic hydroxyl groups is 1. The summed E-state index contributed by atoms with van der Waals surface area (Å²) in [4.78, 5) is 4.10. The Morgan fingerprint density at radius 1 is 1.06 bits per heavy atom. The first kappa shape index (κ1) is 25.8. The van der Waals surface area contributed by atoms with Gasteiger partial charge in [-0.15, -0.1) is 0 Å². The highest BCUT2D eigenvalue weighted by atomic mass is 35.5. The minimum Gasteiger partial charge on any atom is -0.392 e. The van der Waals surface area contributed by atoms with Crippen LogP contribution >= 0.6 is 11.6 Å². The van der Waals surface area contributed by atoms with E-state index in [0.717, 1.165) is 12.1 Å². The Balaban J connectivity index is 0.000000439. The lowest BCUT2D eigenvalue weighted by Crippen LogP contribution is -2.31. The third kappa shape index (κ3) is 8.22. The van der Waals surface area contributed by atoms with E-state index in [1.807, 2.05) is 18.2 Å². The normalized spacial score (nSPS) is 13.1. The van der Waals surface area contributed by atoms with Crippen LogP contribution in [0.5, 0.6) is 0 Å². The van der Waals surface area contributed by atoms with Crippen LogP contribution in [0.3, 0.4) is 0 Å². The fourth-order valence-electron chi connectivity index (χ4n) is 2.83. The number of aromatic nitrogens is 1. The summed E-state index contributed by atoms with van der Waals surface area (Å²) < 4.78 is 52.7. The molecular formula is C24H25ClF4N2O. The summed E-state index contributed by atoms with van der Waals surface area (Å²) >= 11 is 5.79.